The van der Waals surface area contributed by atoms with Crippen LogP contribution in [0.15, 0.2) is 0 Å². The van der Waals surface area contributed by atoms with Gasteiger partial charge in [-0.3, -0.25) is 4.90 Å². The maximum atomic E-state index is 11.2. The van der Waals surface area contributed by atoms with Crippen molar-refractivity contribution in [2.75, 3.05) is 40.6 Å². The van der Waals surface area contributed by atoms with Gasteiger partial charge in [-0.25, -0.2) is 4.79 Å². The second-order valence-electron chi connectivity index (χ2n) is 3.08. The van der Waals surface area contributed by atoms with Crippen LogP contribution in [0.5, 0.6) is 0 Å². The Morgan fingerprint density at radius 3 is 2.25 bits per heavy atom. The Kier molecular flexibility index (Phi) is 2.88. The summed E-state index contributed by atoms with van der Waals surface area (Å²) in [6, 6.07) is 0.0317. The number of nitrogens with zero attached hydrogens (tertiary/aromatic N) is 3. The quantitative estimate of drug-likeness (QED) is 0.594. The first-order valence-electron chi connectivity index (χ1n) is 3.94. The fourth-order valence-corrected chi connectivity index (χ4v) is 1.34. The number of carbonyl (C=O) groups excluding carboxylic acids is 1. The standard InChI is InChI=1S/C7H15N3O2/c1-8-5-10(3-4-11)6-9(2)7(8)12/h11H,3-6H2,1-2H3. The molecule has 0 unspecified atom stereocenters. The molecule has 70 valence electrons. The van der Waals surface area contributed by atoms with Crippen LogP contribution in [-0.2, 0) is 0 Å². The average molecular weight is 173 g/mol. The summed E-state index contributed by atoms with van der Waals surface area (Å²) in [5, 5.41) is 8.69. The van der Waals surface area contributed by atoms with Crippen molar-refractivity contribution in [2.45, 2.75) is 0 Å². The Morgan fingerprint density at radius 2 is 1.83 bits per heavy atom. The van der Waals surface area contributed by atoms with E-state index in [1.807, 2.05) is 4.90 Å². The number of β-amino-alcohol motifs (C(OH)–C–C–N with tert-alkyl or cyclic N) is 1. The van der Waals surface area contributed by atoms with Gasteiger partial charge in [0.05, 0.1) is 19.9 Å². The molecule has 0 aliphatic carbocycles. The molecule has 1 heterocycles. The van der Waals surface area contributed by atoms with Gasteiger partial charge >= 0.3 is 6.03 Å². The summed E-state index contributed by atoms with van der Waals surface area (Å²) in [6.07, 6.45) is 0. The molecule has 1 fully saturated rings. The molecule has 0 spiro atoms. The number of urea groups is 1. The van der Waals surface area contributed by atoms with Crippen LogP contribution in [0, 0.1) is 0 Å². The minimum absolute atomic E-state index is 0.0317. The van der Waals surface area contributed by atoms with Crippen LogP contribution in [0.4, 0.5) is 4.79 Å². The first-order valence-corrected chi connectivity index (χ1v) is 3.94. The highest BCUT2D eigenvalue weighted by Crippen LogP contribution is 2.04. The molecule has 1 rings (SSSR count). The van der Waals surface area contributed by atoms with E-state index in [1.54, 1.807) is 23.9 Å². The monoisotopic (exact) mass is 173 g/mol. The molecule has 5 nitrogen and oxygen atoms in total. The van der Waals surface area contributed by atoms with E-state index in [-0.39, 0.29) is 12.6 Å². The van der Waals surface area contributed by atoms with Gasteiger partial charge in [-0.05, 0) is 0 Å². The molecule has 12 heavy (non-hydrogen) atoms. The van der Waals surface area contributed by atoms with Gasteiger partial charge in [-0.15, -0.1) is 0 Å². The maximum absolute atomic E-state index is 11.2. The third-order valence-corrected chi connectivity index (χ3v) is 1.89. The molecule has 0 aromatic heterocycles. The summed E-state index contributed by atoms with van der Waals surface area (Å²) < 4.78 is 0. The lowest BCUT2D eigenvalue weighted by Gasteiger charge is -2.38. The SMILES string of the molecule is CN1CN(CCO)CN(C)C1=O. The highest BCUT2D eigenvalue weighted by molar-refractivity contribution is 5.74. The summed E-state index contributed by atoms with van der Waals surface area (Å²) in [5.74, 6) is 0. The molecule has 0 saturated carbocycles. The average Bonchev–Trinajstić information content (AvgIpc) is 2.01. The number of aliphatic hydroxyl groups excluding tert-OH is 1. The van der Waals surface area contributed by atoms with E-state index in [0.717, 1.165) is 0 Å². The molecular formula is C7H15N3O2. The third kappa shape index (κ3) is 1.86. The van der Waals surface area contributed by atoms with Crippen molar-refractivity contribution in [3.63, 3.8) is 0 Å². The van der Waals surface area contributed by atoms with E-state index >= 15 is 0 Å². The van der Waals surface area contributed by atoms with Crippen molar-refractivity contribution in [1.82, 2.24) is 14.7 Å². The Bertz CT molecular complexity index is 160. The fraction of sp³-hybridized carbons (Fsp3) is 0.857. The van der Waals surface area contributed by atoms with Gasteiger partial charge in [0, 0.05) is 20.6 Å². The van der Waals surface area contributed by atoms with Crippen LogP contribution in [0.2, 0.25) is 0 Å². The van der Waals surface area contributed by atoms with Crippen molar-refractivity contribution < 1.29 is 9.90 Å². The zero-order valence-electron chi connectivity index (χ0n) is 7.53. The van der Waals surface area contributed by atoms with Crippen molar-refractivity contribution in [2.24, 2.45) is 0 Å². The number of rotatable bonds is 2. The maximum Gasteiger partial charge on any atom is 0.321 e. The van der Waals surface area contributed by atoms with Crippen molar-refractivity contribution >= 4 is 6.03 Å². The van der Waals surface area contributed by atoms with E-state index in [9.17, 15) is 4.79 Å². The summed E-state index contributed by atoms with van der Waals surface area (Å²) in [6.45, 7) is 1.95. The highest BCUT2D eigenvalue weighted by atomic mass is 16.3. The van der Waals surface area contributed by atoms with Crippen molar-refractivity contribution in [3.05, 3.63) is 0 Å². The molecule has 1 saturated heterocycles. The lowest BCUT2D eigenvalue weighted by atomic mass is 10.5. The van der Waals surface area contributed by atoms with Gasteiger partial charge < -0.3 is 14.9 Å². The molecule has 2 amide bonds. The molecule has 1 N–H and O–H groups in total. The molecule has 0 aromatic rings. The lowest BCUT2D eigenvalue weighted by Crippen LogP contribution is -2.55. The zero-order valence-corrected chi connectivity index (χ0v) is 7.53. The lowest BCUT2D eigenvalue weighted by molar-refractivity contribution is 0.0449. The van der Waals surface area contributed by atoms with Gasteiger partial charge in [-0.1, -0.05) is 0 Å². The minimum Gasteiger partial charge on any atom is -0.395 e. The Labute approximate surface area is 72.2 Å². The van der Waals surface area contributed by atoms with Crippen LogP contribution < -0.4 is 0 Å². The molecule has 5 heteroatoms. The van der Waals surface area contributed by atoms with Gasteiger partial charge in [-0.2, -0.15) is 0 Å². The Morgan fingerprint density at radius 1 is 1.33 bits per heavy atom. The minimum atomic E-state index is 0.0317. The summed E-state index contributed by atoms with van der Waals surface area (Å²) in [7, 11) is 3.50. The normalized spacial score (nSPS) is 20.4. The van der Waals surface area contributed by atoms with E-state index in [0.29, 0.717) is 19.9 Å². The van der Waals surface area contributed by atoms with Crippen LogP contribution >= 0.6 is 0 Å². The molecule has 1 aliphatic heterocycles. The van der Waals surface area contributed by atoms with Crippen LogP contribution in [0.1, 0.15) is 0 Å². The number of aliphatic hydroxyl groups is 1. The smallest absolute Gasteiger partial charge is 0.321 e. The molecule has 0 bridgehead atoms. The van der Waals surface area contributed by atoms with Gasteiger partial charge in [0.1, 0.15) is 0 Å². The van der Waals surface area contributed by atoms with Crippen molar-refractivity contribution in [1.29, 1.82) is 0 Å². The van der Waals surface area contributed by atoms with Crippen LogP contribution in [-0.4, -0.2) is 66.4 Å². The molecule has 0 radical (unpaired) electrons. The Hall–Kier alpha value is -0.810. The molecule has 0 atom stereocenters. The molecular weight excluding hydrogens is 158 g/mol. The van der Waals surface area contributed by atoms with Crippen LogP contribution in [0.25, 0.3) is 0 Å². The zero-order chi connectivity index (χ0) is 9.14. The molecule has 1 aliphatic rings. The van der Waals surface area contributed by atoms with Gasteiger partial charge in [0.25, 0.3) is 0 Å². The number of hydrogen-bond donors (Lipinski definition) is 1. The van der Waals surface area contributed by atoms with E-state index in [4.69, 9.17) is 5.11 Å². The number of amides is 2. The second-order valence-corrected chi connectivity index (χ2v) is 3.08. The topological polar surface area (TPSA) is 47.0 Å². The fourth-order valence-electron chi connectivity index (χ4n) is 1.34. The van der Waals surface area contributed by atoms with E-state index in [1.165, 1.54) is 0 Å². The van der Waals surface area contributed by atoms with E-state index < -0.39 is 0 Å². The first kappa shape index (κ1) is 9.28. The summed E-state index contributed by atoms with van der Waals surface area (Å²) >= 11 is 0. The van der Waals surface area contributed by atoms with Crippen LogP contribution in [0.3, 0.4) is 0 Å². The van der Waals surface area contributed by atoms with Gasteiger partial charge in [0.2, 0.25) is 0 Å². The summed E-state index contributed by atoms with van der Waals surface area (Å²) in [5.41, 5.74) is 0. The predicted octanol–water partition coefficient (Wildman–Crippen LogP) is -0.807. The first-order chi connectivity index (χ1) is 5.65. The van der Waals surface area contributed by atoms with Crippen molar-refractivity contribution in [3.8, 4) is 0 Å². The highest BCUT2D eigenvalue weighted by Gasteiger charge is 2.23. The summed E-state index contributed by atoms with van der Waals surface area (Å²) in [4.78, 5) is 16.5. The number of hydrogen-bond acceptors (Lipinski definition) is 3. The second kappa shape index (κ2) is 3.73. The number of carbonyl (C=O) groups is 1. The van der Waals surface area contributed by atoms with E-state index in [2.05, 4.69) is 0 Å². The van der Waals surface area contributed by atoms with Gasteiger partial charge in [0.15, 0.2) is 0 Å². The molecule has 0 aromatic carbocycles. The Balaban J connectivity index is 2.47. The largest absolute Gasteiger partial charge is 0.395 e. The predicted molar refractivity (Wildman–Crippen MR) is 44.4 cm³/mol. The third-order valence-electron chi connectivity index (χ3n) is 1.89.